The van der Waals surface area contributed by atoms with E-state index in [9.17, 15) is 43.2 Å². The van der Waals surface area contributed by atoms with Gasteiger partial charge in [0.05, 0.1) is 10.5 Å². The maximum atomic E-state index is 14.8. The lowest BCUT2D eigenvalue weighted by atomic mass is 10.1. The first-order valence-electron chi connectivity index (χ1n) is 9.34. The van der Waals surface area contributed by atoms with Crippen molar-refractivity contribution < 1.29 is 43.2 Å². The Morgan fingerprint density at radius 1 is 0.971 bits per heavy atom. The lowest BCUT2D eigenvalue weighted by Crippen LogP contribution is -2.33. The summed E-state index contributed by atoms with van der Waals surface area (Å²) in [6, 6.07) is 1.19. The van der Waals surface area contributed by atoms with E-state index in [0.29, 0.717) is 12.2 Å². The van der Waals surface area contributed by atoms with Crippen LogP contribution in [0, 0.1) is 28.8 Å². The van der Waals surface area contributed by atoms with Gasteiger partial charge in [0.25, 0.3) is 20.0 Å². The van der Waals surface area contributed by atoms with Crippen LogP contribution >= 0.6 is 0 Å². The highest BCUT2D eigenvalue weighted by molar-refractivity contribution is 8.06. The largest absolute Gasteiger partial charge is 0.416 e. The molecule has 1 aromatic rings. The SMILES string of the molecule is C/C=C/c1c(F)c(S(=O)(=O)NS(=O)(=O)C2=CCCC/C=C(\C(F)(F)F)C=C2)c(F)c(F)c1C#N. The van der Waals surface area contributed by atoms with Crippen molar-refractivity contribution in [1.82, 2.24) is 4.13 Å². The van der Waals surface area contributed by atoms with E-state index in [2.05, 4.69) is 0 Å². The highest BCUT2D eigenvalue weighted by Gasteiger charge is 2.36. The maximum absolute atomic E-state index is 14.8. The molecule has 0 heterocycles. The fourth-order valence-corrected chi connectivity index (χ4v) is 6.03. The van der Waals surface area contributed by atoms with E-state index in [4.69, 9.17) is 5.26 Å². The lowest BCUT2D eigenvalue weighted by molar-refractivity contribution is -0.0884. The number of hydrogen-bond donors (Lipinski definition) is 1. The second kappa shape index (κ2) is 10.2. The van der Waals surface area contributed by atoms with Crippen LogP contribution in [0.1, 0.15) is 37.3 Å². The van der Waals surface area contributed by atoms with Gasteiger partial charge in [0.2, 0.25) is 0 Å². The first kappa shape index (κ1) is 27.4. The van der Waals surface area contributed by atoms with Gasteiger partial charge in [0.15, 0.2) is 22.3 Å². The Morgan fingerprint density at radius 2 is 1.59 bits per heavy atom. The molecule has 0 fully saturated rings. The zero-order valence-electron chi connectivity index (χ0n) is 17.2. The molecule has 0 bridgehead atoms. The van der Waals surface area contributed by atoms with Crippen molar-refractivity contribution in [3.63, 3.8) is 0 Å². The third-order valence-electron chi connectivity index (χ3n) is 4.43. The molecule has 0 spiro atoms. The Balaban J connectivity index is 2.62. The topological polar surface area (TPSA) is 104 Å². The van der Waals surface area contributed by atoms with Crippen LogP contribution in [0.2, 0.25) is 0 Å². The average molecular weight is 526 g/mol. The summed E-state index contributed by atoms with van der Waals surface area (Å²) in [7, 11) is -10.9. The van der Waals surface area contributed by atoms with E-state index < -0.39 is 70.2 Å². The van der Waals surface area contributed by atoms with Crippen molar-refractivity contribution >= 4 is 26.1 Å². The Bertz CT molecular complexity index is 1370. The van der Waals surface area contributed by atoms with Gasteiger partial charge < -0.3 is 0 Å². The molecule has 0 aliphatic heterocycles. The number of nitriles is 1. The van der Waals surface area contributed by atoms with Crippen molar-refractivity contribution in [1.29, 1.82) is 5.26 Å². The van der Waals surface area contributed by atoms with Crippen LogP contribution in [0.15, 0.2) is 45.8 Å². The van der Waals surface area contributed by atoms with Crippen LogP contribution in [0.5, 0.6) is 0 Å². The Labute approximate surface area is 191 Å². The van der Waals surface area contributed by atoms with Gasteiger partial charge in [-0.15, -0.1) is 4.13 Å². The van der Waals surface area contributed by atoms with Crippen LogP contribution in [0.4, 0.5) is 26.3 Å². The van der Waals surface area contributed by atoms with Crippen molar-refractivity contribution in [2.24, 2.45) is 0 Å². The number of rotatable bonds is 5. The summed E-state index contributed by atoms with van der Waals surface area (Å²) >= 11 is 0. The van der Waals surface area contributed by atoms with Gasteiger partial charge in [-0.3, -0.25) is 0 Å². The molecular weight excluding hydrogens is 510 g/mol. The standard InChI is InChI=1S/C20H16F6N2O4S2/c1-2-6-14-15(11-27)16(21)18(23)19(17(14)22)34(31,32)28-33(29,30)13-8-5-3-4-7-12(9-10-13)20(24,25)26/h2,6-10,28H,3-5H2,1H3/b6-2+,10-9?,12-7-,13-8?. The van der Waals surface area contributed by atoms with Gasteiger partial charge in [0, 0.05) is 5.56 Å². The Hall–Kier alpha value is -2.89. The predicted octanol–water partition coefficient (Wildman–Crippen LogP) is 4.73. The van der Waals surface area contributed by atoms with Crippen LogP contribution < -0.4 is 4.13 Å². The third-order valence-corrected chi connectivity index (χ3v) is 8.01. The van der Waals surface area contributed by atoms with Gasteiger partial charge in [-0.25, -0.2) is 30.0 Å². The number of sulfonamides is 2. The molecule has 0 aromatic heterocycles. The van der Waals surface area contributed by atoms with Gasteiger partial charge >= 0.3 is 6.18 Å². The minimum atomic E-state index is -5.67. The second-order valence-corrected chi connectivity index (χ2v) is 10.3. The molecule has 14 heteroatoms. The molecule has 1 N–H and O–H groups in total. The molecule has 0 atom stereocenters. The molecule has 0 saturated carbocycles. The highest BCUT2D eigenvalue weighted by Crippen LogP contribution is 2.31. The third kappa shape index (κ3) is 5.78. The number of halogens is 6. The number of allylic oxidation sites excluding steroid dienone is 6. The fraction of sp³-hybridized carbons (Fsp3) is 0.250. The van der Waals surface area contributed by atoms with Crippen LogP contribution in [-0.4, -0.2) is 23.0 Å². The Kier molecular flexibility index (Phi) is 8.18. The quantitative estimate of drug-likeness (QED) is 0.441. The summed E-state index contributed by atoms with van der Waals surface area (Å²) < 4.78 is 134. The van der Waals surface area contributed by atoms with E-state index >= 15 is 0 Å². The highest BCUT2D eigenvalue weighted by atomic mass is 32.3. The zero-order chi connectivity index (χ0) is 25.9. The number of alkyl halides is 3. The monoisotopic (exact) mass is 526 g/mol. The lowest BCUT2D eigenvalue weighted by Gasteiger charge is -2.13. The average Bonchev–Trinajstić information content (AvgIpc) is 2.83. The van der Waals surface area contributed by atoms with Crippen LogP contribution in [0.25, 0.3) is 6.08 Å². The van der Waals surface area contributed by atoms with Crippen molar-refractivity contribution in [3.8, 4) is 6.07 Å². The van der Waals surface area contributed by atoms with Crippen LogP contribution in [0.3, 0.4) is 0 Å². The predicted molar refractivity (Wildman–Crippen MR) is 110 cm³/mol. The first-order valence-corrected chi connectivity index (χ1v) is 12.3. The van der Waals surface area contributed by atoms with Gasteiger partial charge in [-0.2, -0.15) is 18.4 Å². The second-order valence-electron chi connectivity index (χ2n) is 6.79. The molecule has 1 aromatic carbocycles. The van der Waals surface area contributed by atoms with E-state index in [1.807, 2.05) is 0 Å². The number of nitrogens with one attached hydrogen (secondary N) is 1. The molecular formula is C20H16F6N2O4S2. The van der Waals surface area contributed by atoms with Crippen LogP contribution in [-0.2, 0) is 20.0 Å². The van der Waals surface area contributed by atoms with Gasteiger partial charge in [-0.1, -0.05) is 24.3 Å². The molecule has 0 saturated heterocycles. The summed E-state index contributed by atoms with van der Waals surface area (Å²) in [4.78, 5) is -2.93. The van der Waals surface area contributed by atoms with Gasteiger partial charge in [0.1, 0.15) is 11.6 Å². The summed E-state index contributed by atoms with van der Waals surface area (Å²) in [5.41, 5.74) is -3.27. The summed E-state index contributed by atoms with van der Waals surface area (Å²) in [5.74, 6) is -6.31. The minimum Gasteiger partial charge on any atom is -0.206 e. The summed E-state index contributed by atoms with van der Waals surface area (Å²) in [6.07, 6.45) is -0.320. The molecule has 6 nitrogen and oxygen atoms in total. The van der Waals surface area contributed by atoms with E-state index in [1.54, 1.807) is 0 Å². The molecule has 0 unspecified atom stereocenters. The molecule has 1 aliphatic carbocycles. The summed E-state index contributed by atoms with van der Waals surface area (Å²) in [5, 5.41) is 8.96. The number of hydrogen-bond acceptors (Lipinski definition) is 5. The molecule has 0 radical (unpaired) electrons. The van der Waals surface area contributed by atoms with E-state index in [-0.39, 0.29) is 19.3 Å². The summed E-state index contributed by atoms with van der Waals surface area (Å²) in [6.45, 7) is 1.30. The number of benzene rings is 1. The van der Waals surface area contributed by atoms with E-state index in [0.717, 1.165) is 28.4 Å². The minimum absolute atomic E-state index is 0.0522. The van der Waals surface area contributed by atoms with Crippen molar-refractivity contribution in [2.75, 3.05) is 0 Å². The Morgan fingerprint density at radius 3 is 2.15 bits per heavy atom. The maximum Gasteiger partial charge on any atom is 0.416 e. The van der Waals surface area contributed by atoms with Crippen molar-refractivity contribution in [2.45, 2.75) is 37.3 Å². The molecule has 2 rings (SSSR count). The zero-order valence-corrected chi connectivity index (χ0v) is 18.9. The van der Waals surface area contributed by atoms with Gasteiger partial charge in [-0.05, 0) is 38.3 Å². The fourth-order valence-electron chi connectivity index (χ4n) is 2.90. The molecule has 1 aliphatic rings. The first-order chi connectivity index (χ1) is 15.7. The molecule has 184 valence electrons. The molecule has 0 amide bonds. The van der Waals surface area contributed by atoms with E-state index in [1.165, 1.54) is 13.0 Å². The number of nitrogens with zero attached hydrogens (tertiary/aromatic N) is 1. The molecule has 34 heavy (non-hydrogen) atoms. The normalized spacial score (nSPS) is 17.4. The smallest absolute Gasteiger partial charge is 0.206 e. The van der Waals surface area contributed by atoms with Crippen molar-refractivity contribution in [3.05, 3.63) is 69.4 Å².